The molecule has 0 aliphatic carbocycles. The molecule has 0 spiro atoms. The number of nitrogens with zero attached hydrogens (tertiary/aromatic N) is 1. The first-order valence-electron chi connectivity index (χ1n) is 11.7. The monoisotopic (exact) mass is 450 g/mol. The maximum Gasteiger partial charge on any atom is 0.410 e. The minimum atomic E-state index is -4.57. The van der Waals surface area contributed by atoms with Crippen molar-refractivity contribution in [2.45, 2.75) is 76.9 Å². The first-order valence-corrected chi connectivity index (χ1v) is 11.7. The third-order valence-electron chi connectivity index (χ3n) is 5.93. The minimum Gasteiger partial charge on any atom is -0.493 e. The van der Waals surface area contributed by atoms with Crippen molar-refractivity contribution in [2.75, 3.05) is 13.2 Å². The van der Waals surface area contributed by atoms with Crippen LogP contribution in [-0.2, 0) is 4.79 Å². The van der Waals surface area contributed by atoms with Crippen LogP contribution in [0.2, 0.25) is 0 Å². The van der Waals surface area contributed by atoms with E-state index in [4.69, 9.17) is 4.74 Å². The molecule has 1 atom stereocenters. The van der Waals surface area contributed by atoms with Gasteiger partial charge in [0.2, 0.25) is 5.91 Å². The van der Waals surface area contributed by atoms with Gasteiger partial charge in [0.25, 0.3) is 0 Å². The fourth-order valence-electron chi connectivity index (χ4n) is 4.29. The summed E-state index contributed by atoms with van der Waals surface area (Å²) in [6.45, 7) is 2.57. The smallest absolute Gasteiger partial charge is 0.410 e. The van der Waals surface area contributed by atoms with Crippen molar-refractivity contribution in [3.8, 4) is 5.75 Å². The molecule has 176 valence electrons. The van der Waals surface area contributed by atoms with E-state index in [0.29, 0.717) is 17.4 Å². The fraction of sp³-hybridized carbons (Fsp3) is 0.560. The van der Waals surface area contributed by atoms with E-state index in [1.807, 2.05) is 0 Å². The summed E-state index contributed by atoms with van der Waals surface area (Å²) in [4.78, 5) is 11.7. The van der Waals surface area contributed by atoms with Gasteiger partial charge >= 0.3 is 6.18 Å². The summed E-state index contributed by atoms with van der Waals surface area (Å²) >= 11 is 0. The second-order valence-corrected chi connectivity index (χ2v) is 8.44. The minimum absolute atomic E-state index is 0.00367. The lowest BCUT2D eigenvalue weighted by atomic mass is 9.96. The highest BCUT2D eigenvalue weighted by Crippen LogP contribution is 2.45. The third kappa shape index (κ3) is 6.37. The van der Waals surface area contributed by atoms with Crippen molar-refractivity contribution < 1.29 is 22.7 Å². The van der Waals surface area contributed by atoms with Gasteiger partial charge in [-0.2, -0.15) is 13.2 Å². The standard InChI is InChI=1S/C25H33F3N2O2/c1-2-3-4-5-6-7-8-11-18-32-21-15-14-19-12-9-10-13-20(19)23(21)24(25(26,27)28)30-17-16-22(31)29-30/h9-10,12-15,24H,2-8,11,16-18H2,1H3,(H,29,31). The molecule has 1 aliphatic heterocycles. The van der Waals surface area contributed by atoms with Gasteiger partial charge < -0.3 is 4.74 Å². The van der Waals surface area contributed by atoms with Crippen molar-refractivity contribution in [3.63, 3.8) is 0 Å². The van der Waals surface area contributed by atoms with Gasteiger partial charge in [-0.05, 0) is 23.3 Å². The van der Waals surface area contributed by atoms with Crippen LogP contribution in [0.25, 0.3) is 10.8 Å². The second kappa shape index (κ2) is 11.5. The van der Waals surface area contributed by atoms with Crippen molar-refractivity contribution in [1.82, 2.24) is 10.4 Å². The molecule has 0 radical (unpaired) electrons. The lowest BCUT2D eigenvalue weighted by molar-refractivity contribution is -0.191. The summed E-state index contributed by atoms with van der Waals surface area (Å²) in [5, 5.41) is 2.19. The molecule has 1 fully saturated rings. The molecule has 3 rings (SSSR count). The van der Waals surface area contributed by atoms with E-state index in [-0.39, 0.29) is 24.3 Å². The van der Waals surface area contributed by atoms with Crippen LogP contribution < -0.4 is 10.2 Å². The van der Waals surface area contributed by atoms with Crippen LogP contribution in [0.15, 0.2) is 36.4 Å². The molecular weight excluding hydrogens is 417 g/mol. The molecule has 1 saturated heterocycles. The largest absolute Gasteiger partial charge is 0.493 e. The molecule has 1 aliphatic rings. The van der Waals surface area contributed by atoms with E-state index in [0.717, 1.165) is 24.3 Å². The molecular formula is C25H33F3N2O2. The molecule has 2 aromatic rings. The molecule has 0 aromatic heterocycles. The third-order valence-corrected chi connectivity index (χ3v) is 5.93. The number of halogens is 3. The van der Waals surface area contributed by atoms with Gasteiger partial charge in [0, 0.05) is 18.5 Å². The zero-order valence-corrected chi connectivity index (χ0v) is 18.7. The Morgan fingerprint density at radius 3 is 2.34 bits per heavy atom. The van der Waals surface area contributed by atoms with Crippen LogP contribution in [0.1, 0.15) is 76.3 Å². The molecule has 0 bridgehead atoms. The van der Waals surface area contributed by atoms with Gasteiger partial charge in [0.15, 0.2) is 6.04 Å². The first kappa shape index (κ1) is 24.4. The number of benzene rings is 2. The van der Waals surface area contributed by atoms with E-state index in [2.05, 4.69) is 12.3 Å². The van der Waals surface area contributed by atoms with Crippen LogP contribution in [-0.4, -0.2) is 30.2 Å². The van der Waals surface area contributed by atoms with E-state index < -0.39 is 18.1 Å². The van der Waals surface area contributed by atoms with E-state index in [9.17, 15) is 18.0 Å². The van der Waals surface area contributed by atoms with Gasteiger partial charge in [-0.25, -0.2) is 5.01 Å². The van der Waals surface area contributed by atoms with Gasteiger partial charge in [-0.15, -0.1) is 0 Å². The van der Waals surface area contributed by atoms with Gasteiger partial charge in [-0.3, -0.25) is 10.2 Å². The lowest BCUT2D eigenvalue weighted by Crippen LogP contribution is -2.43. The Labute approximate surface area is 188 Å². The summed E-state index contributed by atoms with van der Waals surface area (Å²) in [5.74, 6) is -0.170. The molecule has 1 N–H and O–H groups in total. The summed E-state index contributed by atoms with van der Waals surface area (Å²) in [6.07, 6.45) is 4.57. The Hall–Kier alpha value is -2.28. The highest BCUT2D eigenvalue weighted by molar-refractivity contribution is 5.88. The number of fused-ring (bicyclic) bond motifs is 1. The highest BCUT2D eigenvalue weighted by Gasteiger charge is 2.48. The van der Waals surface area contributed by atoms with Gasteiger partial charge in [0.1, 0.15) is 5.75 Å². The zero-order valence-electron chi connectivity index (χ0n) is 18.7. The molecule has 7 heteroatoms. The molecule has 1 unspecified atom stereocenters. The first-order chi connectivity index (χ1) is 15.4. The molecule has 2 aromatic carbocycles. The van der Waals surface area contributed by atoms with Crippen LogP contribution in [0.3, 0.4) is 0 Å². The number of amides is 1. The highest BCUT2D eigenvalue weighted by atomic mass is 19.4. The predicted molar refractivity (Wildman–Crippen MR) is 120 cm³/mol. The van der Waals surface area contributed by atoms with Crippen molar-refractivity contribution in [2.24, 2.45) is 0 Å². The number of ether oxygens (including phenoxy) is 1. The van der Waals surface area contributed by atoms with Crippen molar-refractivity contribution in [3.05, 3.63) is 42.0 Å². The maximum absolute atomic E-state index is 14.3. The number of hydrazine groups is 1. The second-order valence-electron chi connectivity index (χ2n) is 8.44. The van der Waals surface area contributed by atoms with Crippen LogP contribution in [0, 0.1) is 0 Å². The average molecular weight is 451 g/mol. The molecule has 32 heavy (non-hydrogen) atoms. The fourth-order valence-corrected chi connectivity index (χ4v) is 4.29. The molecule has 0 saturated carbocycles. The normalized spacial score (nSPS) is 15.8. The number of nitrogens with one attached hydrogen (secondary N) is 1. The van der Waals surface area contributed by atoms with Crippen molar-refractivity contribution in [1.29, 1.82) is 0 Å². The number of carbonyl (C=O) groups excluding carboxylic acids is 1. The summed E-state index contributed by atoms with van der Waals surface area (Å²) < 4.78 is 48.7. The molecule has 1 amide bonds. The summed E-state index contributed by atoms with van der Waals surface area (Å²) in [5.41, 5.74) is 2.44. The van der Waals surface area contributed by atoms with Gasteiger partial charge in [-0.1, -0.05) is 82.2 Å². The van der Waals surface area contributed by atoms with Crippen molar-refractivity contribution >= 4 is 16.7 Å². The SMILES string of the molecule is CCCCCCCCCCOc1ccc2ccccc2c1C(N1CCC(=O)N1)C(F)(F)F. The number of hydrogen-bond donors (Lipinski definition) is 1. The quantitative estimate of drug-likeness (QED) is 0.366. The topological polar surface area (TPSA) is 41.6 Å². The Morgan fingerprint density at radius 2 is 1.69 bits per heavy atom. The van der Waals surface area contributed by atoms with E-state index >= 15 is 0 Å². The van der Waals surface area contributed by atoms with Crippen LogP contribution >= 0.6 is 0 Å². The van der Waals surface area contributed by atoms with E-state index in [1.165, 1.54) is 32.1 Å². The molecule has 1 heterocycles. The Kier molecular flexibility index (Phi) is 8.79. The summed E-state index contributed by atoms with van der Waals surface area (Å²) in [6, 6.07) is 8.45. The van der Waals surface area contributed by atoms with Gasteiger partial charge in [0.05, 0.1) is 6.61 Å². The Morgan fingerprint density at radius 1 is 1.00 bits per heavy atom. The van der Waals surface area contributed by atoms with Crippen LogP contribution in [0.4, 0.5) is 13.2 Å². The number of hydrogen-bond acceptors (Lipinski definition) is 3. The van der Waals surface area contributed by atoms with Crippen LogP contribution in [0.5, 0.6) is 5.75 Å². The predicted octanol–water partition coefficient (Wildman–Crippen LogP) is 6.70. The Bertz CT molecular complexity index is 885. The summed E-state index contributed by atoms with van der Waals surface area (Å²) in [7, 11) is 0. The zero-order chi connectivity index (χ0) is 23.0. The number of carbonyl (C=O) groups is 1. The average Bonchev–Trinajstić information content (AvgIpc) is 3.18. The maximum atomic E-state index is 14.3. The lowest BCUT2D eigenvalue weighted by Gasteiger charge is -2.31. The number of rotatable bonds is 12. The molecule has 4 nitrogen and oxygen atoms in total. The number of alkyl halides is 3. The van der Waals surface area contributed by atoms with E-state index in [1.54, 1.807) is 36.4 Å². The Balaban J connectivity index is 1.75. The number of unbranched alkanes of at least 4 members (excludes halogenated alkanes) is 7.